The fraction of sp³-hybridized carbons (Fsp3) is 0.538. The van der Waals surface area contributed by atoms with E-state index in [4.69, 9.17) is 18.0 Å². The van der Waals surface area contributed by atoms with E-state index in [1.807, 2.05) is 18.2 Å². The van der Waals surface area contributed by atoms with Crippen molar-refractivity contribution in [3.63, 3.8) is 0 Å². The third-order valence-corrected chi connectivity index (χ3v) is 3.39. The average Bonchev–Trinajstić information content (AvgIpc) is 2.40. The summed E-state index contributed by atoms with van der Waals surface area (Å²) in [6.07, 6.45) is 4.03. The Balaban J connectivity index is 1.78. The lowest BCUT2D eigenvalue weighted by Crippen LogP contribution is -2.33. The summed E-state index contributed by atoms with van der Waals surface area (Å²) >= 11 is 4.92. The van der Waals surface area contributed by atoms with Crippen LogP contribution in [0.15, 0.2) is 18.2 Å². The van der Waals surface area contributed by atoms with E-state index in [0.717, 1.165) is 18.9 Å². The highest BCUT2D eigenvalue weighted by molar-refractivity contribution is 7.80. The van der Waals surface area contributed by atoms with Crippen LogP contribution in [0.25, 0.3) is 0 Å². The number of nitrogens with one attached hydrogen (secondary N) is 1. The maximum atomic E-state index is 5.56. The van der Waals surface area contributed by atoms with Gasteiger partial charge in [-0.3, -0.25) is 0 Å². The minimum atomic E-state index is 0.342. The molecule has 1 fully saturated rings. The Bertz CT molecular complexity index is 402. The van der Waals surface area contributed by atoms with Crippen LogP contribution in [0, 0.1) is 0 Å². The highest BCUT2D eigenvalue weighted by Gasteiger charge is 2.09. The normalized spacial score (nSPS) is 16.4. The second-order valence-electron chi connectivity index (χ2n) is 4.60. The number of thiocarbonyl (C=S) groups is 1. The highest BCUT2D eigenvalue weighted by Crippen LogP contribution is 2.08. The van der Waals surface area contributed by atoms with Crippen LogP contribution in [-0.4, -0.2) is 41.1 Å². The summed E-state index contributed by atoms with van der Waals surface area (Å²) in [6.45, 7) is 4.43. The van der Waals surface area contributed by atoms with E-state index >= 15 is 0 Å². The zero-order chi connectivity index (χ0) is 12.8. The summed E-state index contributed by atoms with van der Waals surface area (Å²) in [4.78, 5) is 7.20. The smallest absolute Gasteiger partial charge is 0.126 e. The molecule has 1 saturated heterocycles. The van der Waals surface area contributed by atoms with Crippen LogP contribution < -0.4 is 11.1 Å². The third-order valence-electron chi connectivity index (χ3n) is 3.18. The summed E-state index contributed by atoms with van der Waals surface area (Å²) in [5.74, 6) is 0.845. The second kappa shape index (κ2) is 6.66. The van der Waals surface area contributed by atoms with Gasteiger partial charge in [0.05, 0.1) is 5.69 Å². The van der Waals surface area contributed by atoms with Crippen molar-refractivity contribution in [2.45, 2.75) is 19.3 Å². The van der Waals surface area contributed by atoms with Gasteiger partial charge in [-0.2, -0.15) is 0 Å². The first-order valence-electron chi connectivity index (χ1n) is 6.49. The minimum Gasteiger partial charge on any atom is -0.388 e. The van der Waals surface area contributed by atoms with Crippen molar-refractivity contribution in [2.24, 2.45) is 5.73 Å². The van der Waals surface area contributed by atoms with Crippen molar-refractivity contribution in [3.8, 4) is 0 Å². The molecule has 2 heterocycles. The Morgan fingerprint density at radius 3 is 2.83 bits per heavy atom. The Hall–Kier alpha value is -1.20. The van der Waals surface area contributed by atoms with Crippen LogP contribution >= 0.6 is 12.2 Å². The standard InChI is InChI=1S/C13H20N4S/c14-13(18)11-5-4-6-12(16-11)15-7-10-17-8-2-1-3-9-17/h4-6H,1-3,7-10H2,(H2,14,18)(H,15,16). The number of likely N-dealkylation sites (tertiary alicyclic amines) is 1. The Kier molecular flexibility index (Phi) is 4.90. The van der Waals surface area contributed by atoms with Crippen LogP contribution in [0.5, 0.6) is 0 Å². The van der Waals surface area contributed by atoms with Gasteiger partial charge in [0.25, 0.3) is 0 Å². The molecule has 0 bridgehead atoms. The molecule has 0 radical (unpaired) electrons. The molecular weight excluding hydrogens is 244 g/mol. The molecule has 4 nitrogen and oxygen atoms in total. The number of hydrogen-bond donors (Lipinski definition) is 2. The molecule has 1 aliphatic heterocycles. The minimum absolute atomic E-state index is 0.342. The van der Waals surface area contributed by atoms with Crippen molar-refractivity contribution >= 4 is 23.0 Å². The molecule has 2 rings (SSSR count). The third kappa shape index (κ3) is 3.92. The maximum Gasteiger partial charge on any atom is 0.126 e. The van der Waals surface area contributed by atoms with Crippen molar-refractivity contribution in [3.05, 3.63) is 23.9 Å². The molecule has 0 saturated carbocycles. The van der Waals surface area contributed by atoms with Gasteiger partial charge in [0, 0.05) is 13.1 Å². The van der Waals surface area contributed by atoms with Crippen LogP contribution in [-0.2, 0) is 0 Å². The van der Waals surface area contributed by atoms with Crippen LogP contribution in [0.3, 0.4) is 0 Å². The lowest BCUT2D eigenvalue weighted by molar-refractivity contribution is 0.237. The van der Waals surface area contributed by atoms with Gasteiger partial charge < -0.3 is 16.0 Å². The number of nitrogens with zero attached hydrogens (tertiary/aromatic N) is 2. The van der Waals surface area contributed by atoms with Gasteiger partial charge in [-0.15, -0.1) is 0 Å². The molecule has 0 spiro atoms. The predicted octanol–water partition coefficient (Wildman–Crippen LogP) is 1.61. The molecule has 1 aromatic heterocycles. The molecule has 0 aliphatic carbocycles. The highest BCUT2D eigenvalue weighted by atomic mass is 32.1. The fourth-order valence-electron chi connectivity index (χ4n) is 2.20. The molecule has 0 atom stereocenters. The molecule has 5 heteroatoms. The summed E-state index contributed by atoms with van der Waals surface area (Å²) in [6, 6.07) is 5.70. The predicted molar refractivity (Wildman–Crippen MR) is 78.9 cm³/mol. The van der Waals surface area contributed by atoms with Crippen LogP contribution in [0.2, 0.25) is 0 Å². The van der Waals surface area contributed by atoms with Crippen LogP contribution in [0.1, 0.15) is 25.0 Å². The molecular formula is C13H20N4S. The Morgan fingerprint density at radius 1 is 1.33 bits per heavy atom. The molecule has 3 N–H and O–H groups in total. The second-order valence-corrected chi connectivity index (χ2v) is 5.04. The number of anilines is 1. The van der Waals surface area contributed by atoms with Crippen molar-refractivity contribution < 1.29 is 0 Å². The number of hydrogen-bond acceptors (Lipinski definition) is 4. The van der Waals surface area contributed by atoms with E-state index in [0.29, 0.717) is 10.7 Å². The van der Waals surface area contributed by atoms with Crippen molar-refractivity contribution in [1.29, 1.82) is 0 Å². The zero-order valence-electron chi connectivity index (χ0n) is 10.6. The van der Waals surface area contributed by atoms with Gasteiger partial charge in [0.15, 0.2) is 0 Å². The monoisotopic (exact) mass is 264 g/mol. The number of piperidine rings is 1. The summed E-state index contributed by atoms with van der Waals surface area (Å²) < 4.78 is 0. The average molecular weight is 264 g/mol. The molecule has 1 aromatic rings. The number of rotatable bonds is 5. The summed E-state index contributed by atoms with van der Waals surface area (Å²) in [7, 11) is 0. The van der Waals surface area contributed by atoms with Crippen LogP contribution in [0.4, 0.5) is 5.82 Å². The lowest BCUT2D eigenvalue weighted by Gasteiger charge is -2.26. The lowest BCUT2D eigenvalue weighted by atomic mass is 10.1. The SMILES string of the molecule is NC(=S)c1cccc(NCCN2CCCCC2)n1. The van der Waals surface area contributed by atoms with Gasteiger partial charge in [0.2, 0.25) is 0 Å². The van der Waals surface area contributed by atoms with E-state index in [9.17, 15) is 0 Å². The van der Waals surface area contributed by atoms with Gasteiger partial charge in [0.1, 0.15) is 10.8 Å². The van der Waals surface area contributed by atoms with E-state index < -0.39 is 0 Å². The molecule has 0 unspecified atom stereocenters. The first-order chi connectivity index (χ1) is 8.75. The van der Waals surface area contributed by atoms with Crippen molar-refractivity contribution in [2.75, 3.05) is 31.5 Å². The first-order valence-corrected chi connectivity index (χ1v) is 6.89. The first kappa shape index (κ1) is 13.2. The Labute approximate surface area is 114 Å². The van der Waals surface area contributed by atoms with Gasteiger partial charge in [-0.05, 0) is 38.1 Å². The summed E-state index contributed by atoms with van der Waals surface area (Å²) in [5, 5.41) is 3.32. The van der Waals surface area contributed by atoms with Gasteiger partial charge in [-0.25, -0.2) is 4.98 Å². The number of aromatic nitrogens is 1. The molecule has 98 valence electrons. The largest absolute Gasteiger partial charge is 0.388 e. The molecule has 18 heavy (non-hydrogen) atoms. The quantitative estimate of drug-likeness (QED) is 0.791. The zero-order valence-corrected chi connectivity index (χ0v) is 11.4. The van der Waals surface area contributed by atoms with E-state index in [1.165, 1.54) is 32.4 Å². The van der Waals surface area contributed by atoms with Gasteiger partial charge in [-0.1, -0.05) is 24.7 Å². The van der Waals surface area contributed by atoms with E-state index in [2.05, 4.69) is 15.2 Å². The maximum absolute atomic E-state index is 5.56. The van der Waals surface area contributed by atoms with E-state index in [1.54, 1.807) is 0 Å². The summed E-state index contributed by atoms with van der Waals surface area (Å²) in [5.41, 5.74) is 6.24. The molecule has 0 amide bonds. The number of nitrogens with two attached hydrogens (primary N) is 1. The van der Waals surface area contributed by atoms with Crippen molar-refractivity contribution in [1.82, 2.24) is 9.88 Å². The molecule has 1 aliphatic rings. The van der Waals surface area contributed by atoms with E-state index in [-0.39, 0.29) is 0 Å². The number of pyridine rings is 1. The Morgan fingerprint density at radius 2 is 2.11 bits per heavy atom. The molecule has 0 aromatic carbocycles. The fourth-order valence-corrected chi connectivity index (χ4v) is 2.31. The van der Waals surface area contributed by atoms with Gasteiger partial charge >= 0.3 is 0 Å². The topological polar surface area (TPSA) is 54.2 Å².